The number of benzene rings is 1. The maximum absolute atomic E-state index is 12.4. The van der Waals surface area contributed by atoms with Gasteiger partial charge in [-0.1, -0.05) is 24.3 Å². The highest BCUT2D eigenvalue weighted by Gasteiger charge is 2.17. The van der Waals surface area contributed by atoms with Crippen LogP contribution in [-0.2, 0) is 6.42 Å². The maximum atomic E-state index is 12.4. The van der Waals surface area contributed by atoms with Gasteiger partial charge in [-0.2, -0.15) is 0 Å². The molecule has 0 fully saturated rings. The van der Waals surface area contributed by atoms with Gasteiger partial charge in [-0.05, 0) is 31.2 Å². The normalized spacial score (nSPS) is 11.0. The van der Waals surface area contributed by atoms with E-state index in [0.29, 0.717) is 30.3 Å². The van der Waals surface area contributed by atoms with Gasteiger partial charge in [-0.25, -0.2) is 9.97 Å². The lowest BCUT2D eigenvalue weighted by Crippen LogP contribution is -2.26. The van der Waals surface area contributed by atoms with Gasteiger partial charge in [-0.3, -0.25) is 4.79 Å². The molecule has 0 aliphatic carbocycles. The zero-order valence-electron chi connectivity index (χ0n) is 14.3. The van der Waals surface area contributed by atoms with Gasteiger partial charge in [0.25, 0.3) is 5.91 Å². The summed E-state index contributed by atoms with van der Waals surface area (Å²) in [5, 5.41) is 2.89. The third-order valence-electron chi connectivity index (χ3n) is 4.11. The number of oxazole rings is 1. The van der Waals surface area contributed by atoms with E-state index in [9.17, 15) is 4.79 Å². The highest BCUT2D eigenvalue weighted by molar-refractivity contribution is 5.93. The smallest absolute Gasteiger partial charge is 0.273 e. The molecule has 0 spiro atoms. The first-order valence-electron chi connectivity index (χ1n) is 8.44. The molecule has 6 heteroatoms. The van der Waals surface area contributed by atoms with Crippen LogP contribution in [-0.4, -0.2) is 26.8 Å². The molecule has 0 aliphatic heterocycles. The Labute approximate surface area is 150 Å². The lowest BCUT2D eigenvalue weighted by Gasteiger charge is -2.01. The molecule has 0 radical (unpaired) electrons. The summed E-state index contributed by atoms with van der Waals surface area (Å²) in [7, 11) is 0. The van der Waals surface area contributed by atoms with Crippen molar-refractivity contribution in [1.29, 1.82) is 0 Å². The van der Waals surface area contributed by atoms with Gasteiger partial charge in [0.1, 0.15) is 11.4 Å². The van der Waals surface area contributed by atoms with E-state index in [-0.39, 0.29) is 5.91 Å². The Balaban J connectivity index is 1.41. The number of carbonyl (C=O) groups is 1. The summed E-state index contributed by atoms with van der Waals surface area (Å²) < 4.78 is 7.60. The molecule has 1 aromatic carbocycles. The van der Waals surface area contributed by atoms with Gasteiger partial charge in [0.15, 0.2) is 5.69 Å². The Kier molecular flexibility index (Phi) is 4.23. The van der Waals surface area contributed by atoms with Crippen LogP contribution in [0, 0.1) is 6.92 Å². The lowest BCUT2D eigenvalue weighted by molar-refractivity contribution is 0.0948. The number of amides is 1. The van der Waals surface area contributed by atoms with Crippen molar-refractivity contribution in [3.8, 4) is 11.5 Å². The topological polar surface area (TPSA) is 72.4 Å². The Bertz CT molecular complexity index is 1020. The number of fused-ring (bicyclic) bond motifs is 1. The largest absolute Gasteiger partial charge is 0.441 e. The second-order valence-electron chi connectivity index (χ2n) is 5.99. The number of aryl methyl sites for hydroxylation is 1. The fourth-order valence-electron chi connectivity index (χ4n) is 2.81. The van der Waals surface area contributed by atoms with Gasteiger partial charge in [0.05, 0.1) is 5.69 Å². The second kappa shape index (κ2) is 6.84. The Morgan fingerprint density at radius 1 is 1.12 bits per heavy atom. The second-order valence-corrected chi connectivity index (χ2v) is 5.99. The highest BCUT2D eigenvalue weighted by Crippen LogP contribution is 2.21. The Morgan fingerprint density at radius 2 is 1.92 bits per heavy atom. The molecule has 0 atom stereocenters. The fraction of sp³-hybridized carbons (Fsp3) is 0.150. The molecular weight excluding hydrogens is 328 g/mol. The van der Waals surface area contributed by atoms with E-state index < -0.39 is 0 Å². The van der Waals surface area contributed by atoms with E-state index in [4.69, 9.17) is 4.42 Å². The predicted octanol–water partition coefficient (Wildman–Crippen LogP) is 3.27. The predicted molar refractivity (Wildman–Crippen MR) is 97.9 cm³/mol. The fourth-order valence-corrected chi connectivity index (χ4v) is 2.81. The van der Waals surface area contributed by atoms with Crippen LogP contribution in [0.2, 0.25) is 0 Å². The zero-order chi connectivity index (χ0) is 17.9. The molecule has 3 heterocycles. The van der Waals surface area contributed by atoms with Gasteiger partial charge in [-0.15, -0.1) is 0 Å². The van der Waals surface area contributed by atoms with Crippen LogP contribution in [0.4, 0.5) is 0 Å². The van der Waals surface area contributed by atoms with Crippen molar-refractivity contribution >= 4 is 11.6 Å². The van der Waals surface area contributed by atoms with Crippen molar-refractivity contribution in [1.82, 2.24) is 19.7 Å². The van der Waals surface area contributed by atoms with Crippen molar-refractivity contribution < 1.29 is 9.21 Å². The Morgan fingerprint density at radius 3 is 2.73 bits per heavy atom. The molecule has 0 bridgehead atoms. The number of nitrogens with one attached hydrogen (secondary N) is 1. The summed E-state index contributed by atoms with van der Waals surface area (Å²) in [5.74, 6) is 0.722. The molecule has 26 heavy (non-hydrogen) atoms. The van der Waals surface area contributed by atoms with Crippen molar-refractivity contribution in [2.75, 3.05) is 6.54 Å². The highest BCUT2D eigenvalue weighted by atomic mass is 16.4. The summed E-state index contributed by atoms with van der Waals surface area (Å²) >= 11 is 0. The van der Waals surface area contributed by atoms with E-state index in [1.165, 1.54) is 0 Å². The summed E-state index contributed by atoms with van der Waals surface area (Å²) in [6, 6.07) is 15.4. The minimum absolute atomic E-state index is 0.239. The van der Waals surface area contributed by atoms with E-state index in [0.717, 1.165) is 16.9 Å². The number of hydrogen-bond acceptors (Lipinski definition) is 4. The first kappa shape index (κ1) is 16.1. The number of pyridine rings is 1. The molecule has 130 valence electrons. The lowest BCUT2D eigenvalue weighted by atomic mass is 10.2. The molecule has 3 aromatic heterocycles. The number of carbonyl (C=O) groups excluding carboxylic acids is 1. The monoisotopic (exact) mass is 346 g/mol. The van der Waals surface area contributed by atoms with Crippen LogP contribution in [0.15, 0.2) is 65.3 Å². The summed E-state index contributed by atoms with van der Waals surface area (Å²) in [6.07, 6.45) is 4.57. The van der Waals surface area contributed by atoms with Crippen LogP contribution in [0.25, 0.3) is 17.1 Å². The molecule has 0 aliphatic rings. The van der Waals surface area contributed by atoms with Gasteiger partial charge >= 0.3 is 0 Å². The average Bonchev–Trinajstić information content (AvgIpc) is 3.25. The maximum Gasteiger partial charge on any atom is 0.273 e. The van der Waals surface area contributed by atoms with E-state index in [1.807, 2.05) is 65.3 Å². The molecule has 0 saturated heterocycles. The zero-order valence-corrected chi connectivity index (χ0v) is 14.3. The minimum Gasteiger partial charge on any atom is -0.441 e. The van der Waals surface area contributed by atoms with Crippen molar-refractivity contribution in [3.05, 3.63) is 78.1 Å². The minimum atomic E-state index is -0.239. The van der Waals surface area contributed by atoms with Crippen LogP contribution in [0.3, 0.4) is 0 Å². The Hall–Kier alpha value is -3.41. The van der Waals surface area contributed by atoms with Gasteiger partial charge in [0, 0.05) is 30.9 Å². The van der Waals surface area contributed by atoms with Gasteiger partial charge in [0.2, 0.25) is 5.89 Å². The molecule has 6 nitrogen and oxygen atoms in total. The number of nitrogens with zero attached hydrogens (tertiary/aromatic N) is 3. The molecule has 4 rings (SSSR count). The van der Waals surface area contributed by atoms with Crippen molar-refractivity contribution in [2.24, 2.45) is 0 Å². The standard InChI is InChI=1S/C20H18N4O2/c1-14-18(23-20(26-14)15-7-3-2-4-8-15)19(25)21-11-10-16-13-24-12-6-5-9-17(24)22-16/h2-9,12-13H,10-11H2,1H3,(H,21,25). The summed E-state index contributed by atoms with van der Waals surface area (Å²) in [4.78, 5) is 21.3. The molecule has 4 aromatic rings. The third-order valence-corrected chi connectivity index (χ3v) is 4.11. The number of imidazole rings is 1. The van der Waals surface area contributed by atoms with Crippen molar-refractivity contribution in [3.63, 3.8) is 0 Å². The molecule has 1 amide bonds. The molecular formula is C20H18N4O2. The number of rotatable bonds is 5. The SMILES string of the molecule is Cc1oc(-c2ccccc2)nc1C(=O)NCCc1cn2ccccc2n1. The first-order chi connectivity index (χ1) is 12.7. The average molecular weight is 346 g/mol. The van der Waals surface area contributed by atoms with E-state index in [2.05, 4.69) is 15.3 Å². The van der Waals surface area contributed by atoms with E-state index >= 15 is 0 Å². The summed E-state index contributed by atoms with van der Waals surface area (Å²) in [5.41, 5.74) is 2.99. The van der Waals surface area contributed by atoms with Crippen molar-refractivity contribution in [2.45, 2.75) is 13.3 Å². The van der Waals surface area contributed by atoms with Crippen LogP contribution in [0.5, 0.6) is 0 Å². The third kappa shape index (κ3) is 3.21. The van der Waals surface area contributed by atoms with Gasteiger partial charge < -0.3 is 14.1 Å². The van der Waals surface area contributed by atoms with Crippen LogP contribution in [0.1, 0.15) is 21.9 Å². The van der Waals surface area contributed by atoms with E-state index in [1.54, 1.807) is 6.92 Å². The number of hydrogen-bond donors (Lipinski definition) is 1. The summed E-state index contributed by atoms with van der Waals surface area (Å²) in [6.45, 7) is 2.23. The quantitative estimate of drug-likeness (QED) is 0.602. The van der Waals surface area contributed by atoms with Crippen LogP contribution < -0.4 is 5.32 Å². The molecule has 0 unspecified atom stereocenters. The molecule has 0 saturated carbocycles. The molecule has 1 N–H and O–H groups in total. The first-order valence-corrected chi connectivity index (χ1v) is 8.44. The number of aromatic nitrogens is 3. The van der Waals surface area contributed by atoms with Crippen LogP contribution >= 0.6 is 0 Å².